The van der Waals surface area contributed by atoms with Gasteiger partial charge in [0.2, 0.25) is 0 Å². The maximum Gasteiger partial charge on any atom is 0.305 e. The van der Waals surface area contributed by atoms with Crippen molar-refractivity contribution < 1.29 is 14.6 Å². The number of rotatable bonds is 3. The van der Waals surface area contributed by atoms with Crippen LogP contribution in [-0.2, 0) is 4.79 Å². The van der Waals surface area contributed by atoms with Gasteiger partial charge in [0.25, 0.3) is 0 Å². The van der Waals surface area contributed by atoms with E-state index in [0.717, 1.165) is 22.9 Å². The van der Waals surface area contributed by atoms with Gasteiger partial charge in [0.05, 0.1) is 27.6 Å². The minimum Gasteiger partial charge on any atom is -0.481 e. The molecule has 4 aromatic carbocycles. The van der Waals surface area contributed by atoms with Crippen molar-refractivity contribution in [2.75, 3.05) is 11.4 Å². The Labute approximate surface area is 201 Å². The molecule has 6 rings (SSSR count). The second kappa shape index (κ2) is 9.65. The molecule has 0 aliphatic carbocycles. The van der Waals surface area contributed by atoms with E-state index in [1.54, 1.807) is 23.5 Å². The summed E-state index contributed by atoms with van der Waals surface area (Å²) in [6.45, 7) is 0.490. The quantitative estimate of drug-likeness (QED) is 0.291. The average molecular weight is 472 g/mol. The van der Waals surface area contributed by atoms with Crippen molar-refractivity contribution in [1.29, 1.82) is 0 Å². The number of ether oxygens (including phenoxy) is 1. The Morgan fingerprint density at radius 2 is 1.09 bits per heavy atom. The smallest absolute Gasteiger partial charge is 0.305 e. The van der Waals surface area contributed by atoms with Crippen LogP contribution >= 0.6 is 23.5 Å². The highest BCUT2D eigenvalue weighted by Crippen LogP contribution is 2.48. The molecule has 0 aromatic heterocycles. The topological polar surface area (TPSA) is 49.8 Å². The van der Waals surface area contributed by atoms with E-state index in [9.17, 15) is 4.79 Å². The molecular formula is C27H21NO3S2. The van der Waals surface area contributed by atoms with E-state index in [0.29, 0.717) is 6.54 Å². The van der Waals surface area contributed by atoms with Crippen molar-refractivity contribution in [1.82, 2.24) is 0 Å². The molecule has 0 atom stereocenters. The van der Waals surface area contributed by atoms with Gasteiger partial charge in [-0.2, -0.15) is 0 Å². The van der Waals surface area contributed by atoms with Gasteiger partial charge in [-0.15, -0.1) is 0 Å². The lowest BCUT2D eigenvalue weighted by atomic mass is 10.2. The summed E-state index contributed by atoms with van der Waals surface area (Å²) in [5, 5.41) is 8.91. The normalized spacial score (nSPS) is 12.7. The Balaban J connectivity index is 0.000000144. The maximum absolute atomic E-state index is 10.8. The van der Waals surface area contributed by atoms with Crippen LogP contribution < -0.4 is 9.64 Å². The Hall–Kier alpha value is -3.35. The number of nitrogens with zero attached hydrogens (tertiary/aromatic N) is 1. The van der Waals surface area contributed by atoms with Crippen LogP contribution in [0.3, 0.4) is 0 Å². The number of benzene rings is 4. The molecule has 0 saturated carbocycles. The minimum atomic E-state index is -0.770. The van der Waals surface area contributed by atoms with Gasteiger partial charge in [-0.25, -0.2) is 0 Å². The van der Waals surface area contributed by atoms with Crippen LogP contribution in [0.2, 0.25) is 0 Å². The van der Waals surface area contributed by atoms with Gasteiger partial charge in [0, 0.05) is 16.3 Å². The summed E-state index contributed by atoms with van der Waals surface area (Å²) in [7, 11) is 0. The van der Waals surface area contributed by atoms with E-state index < -0.39 is 5.97 Å². The molecule has 164 valence electrons. The van der Waals surface area contributed by atoms with Crippen LogP contribution in [-0.4, -0.2) is 17.6 Å². The zero-order chi connectivity index (χ0) is 22.6. The number of carboxylic acid groups (broad SMARTS) is 1. The van der Waals surface area contributed by atoms with E-state index in [1.165, 1.54) is 19.6 Å². The summed E-state index contributed by atoms with van der Waals surface area (Å²) in [5.41, 5.74) is 2.18. The molecule has 0 fully saturated rings. The molecule has 0 spiro atoms. The number of carbonyl (C=O) groups is 1. The zero-order valence-corrected chi connectivity index (χ0v) is 19.3. The molecule has 4 aromatic rings. The van der Waals surface area contributed by atoms with E-state index in [4.69, 9.17) is 9.84 Å². The molecule has 4 nitrogen and oxygen atoms in total. The van der Waals surface area contributed by atoms with Gasteiger partial charge in [0.15, 0.2) is 0 Å². The van der Waals surface area contributed by atoms with Gasteiger partial charge in [-0.3, -0.25) is 4.79 Å². The lowest BCUT2D eigenvalue weighted by molar-refractivity contribution is -0.136. The predicted octanol–water partition coefficient (Wildman–Crippen LogP) is 7.71. The highest BCUT2D eigenvalue weighted by Gasteiger charge is 2.22. The molecule has 1 N–H and O–H groups in total. The van der Waals surface area contributed by atoms with Crippen LogP contribution in [0.15, 0.2) is 117 Å². The van der Waals surface area contributed by atoms with Crippen LogP contribution in [0.1, 0.15) is 6.42 Å². The molecule has 2 aliphatic rings. The summed E-state index contributed by atoms with van der Waals surface area (Å²) >= 11 is 3.49. The summed E-state index contributed by atoms with van der Waals surface area (Å²) < 4.78 is 5.76. The van der Waals surface area contributed by atoms with E-state index in [2.05, 4.69) is 29.2 Å². The summed E-state index contributed by atoms with van der Waals surface area (Å²) in [6.07, 6.45) is 0.132. The molecule has 33 heavy (non-hydrogen) atoms. The molecule has 0 unspecified atom stereocenters. The number of carboxylic acids is 1. The van der Waals surface area contributed by atoms with Crippen molar-refractivity contribution in [3.63, 3.8) is 0 Å². The average Bonchev–Trinajstić information content (AvgIpc) is 2.85. The highest BCUT2D eigenvalue weighted by atomic mass is 32.2. The van der Waals surface area contributed by atoms with Crippen LogP contribution in [0.4, 0.5) is 11.4 Å². The van der Waals surface area contributed by atoms with Gasteiger partial charge in [-0.05, 0) is 48.5 Å². The van der Waals surface area contributed by atoms with Gasteiger partial charge in [-0.1, -0.05) is 72.1 Å². The Kier molecular flexibility index (Phi) is 6.28. The first-order valence-electron chi connectivity index (χ1n) is 10.6. The fourth-order valence-electron chi connectivity index (χ4n) is 3.70. The number of para-hydroxylation sites is 4. The third-order valence-corrected chi connectivity index (χ3v) is 7.46. The monoisotopic (exact) mass is 471 g/mol. The van der Waals surface area contributed by atoms with Crippen LogP contribution in [0, 0.1) is 0 Å². The maximum atomic E-state index is 10.8. The molecule has 6 heteroatoms. The number of hydrogen-bond donors (Lipinski definition) is 1. The molecule has 0 radical (unpaired) electrons. The van der Waals surface area contributed by atoms with Gasteiger partial charge >= 0.3 is 5.97 Å². The standard InChI is InChI=1S/C15H13NO2S.C12H8OS/c17-15(18)9-10-16-11-5-1-3-7-13(11)19-14-8-4-2-6-12(14)16;1-3-7-11-9(5-1)13-10-6-2-4-8-12(10)14-11/h1-8H,9-10H2,(H,17,18);1-8H. The number of hydrogen-bond acceptors (Lipinski definition) is 5. The van der Waals surface area contributed by atoms with E-state index >= 15 is 0 Å². The second-order valence-corrected chi connectivity index (χ2v) is 9.60. The highest BCUT2D eigenvalue weighted by molar-refractivity contribution is 8.00. The molecular weight excluding hydrogens is 450 g/mol. The van der Waals surface area contributed by atoms with Gasteiger partial charge in [0.1, 0.15) is 11.5 Å². The van der Waals surface area contributed by atoms with Crippen molar-refractivity contribution in [2.24, 2.45) is 0 Å². The van der Waals surface area contributed by atoms with Crippen molar-refractivity contribution in [3.05, 3.63) is 97.1 Å². The molecule has 0 amide bonds. The largest absolute Gasteiger partial charge is 0.481 e. The Morgan fingerprint density at radius 3 is 1.61 bits per heavy atom. The fraction of sp³-hybridized carbons (Fsp3) is 0.0741. The zero-order valence-electron chi connectivity index (χ0n) is 17.7. The molecule has 2 heterocycles. The Bertz CT molecular complexity index is 1170. The molecule has 2 aliphatic heterocycles. The molecule has 0 saturated heterocycles. The lowest BCUT2D eigenvalue weighted by Gasteiger charge is -2.32. The SMILES string of the molecule is O=C(O)CCN1c2ccccc2Sc2ccccc21.c1ccc2c(c1)Oc1ccccc1S2. The van der Waals surface area contributed by atoms with E-state index in [-0.39, 0.29) is 6.42 Å². The minimum absolute atomic E-state index is 0.132. The first kappa shape index (κ1) is 21.5. The third kappa shape index (κ3) is 4.72. The Morgan fingerprint density at radius 1 is 0.667 bits per heavy atom. The van der Waals surface area contributed by atoms with Gasteiger partial charge < -0.3 is 14.7 Å². The van der Waals surface area contributed by atoms with Crippen molar-refractivity contribution >= 4 is 40.9 Å². The number of fused-ring (bicyclic) bond motifs is 4. The molecule has 0 bridgehead atoms. The number of anilines is 2. The first-order chi connectivity index (χ1) is 16.2. The summed E-state index contributed by atoms with van der Waals surface area (Å²) in [5.74, 6) is 1.14. The second-order valence-electron chi connectivity index (χ2n) is 7.43. The van der Waals surface area contributed by atoms with Crippen LogP contribution in [0.25, 0.3) is 0 Å². The lowest BCUT2D eigenvalue weighted by Crippen LogP contribution is -2.23. The summed E-state index contributed by atoms with van der Waals surface area (Å²) in [4.78, 5) is 17.6. The summed E-state index contributed by atoms with van der Waals surface area (Å²) in [6, 6.07) is 32.4. The number of aliphatic carboxylic acids is 1. The first-order valence-corrected chi connectivity index (χ1v) is 12.2. The third-order valence-electron chi connectivity index (χ3n) is 5.22. The van der Waals surface area contributed by atoms with Crippen LogP contribution in [0.5, 0.6) is 11.5 Å². The fourth-order valence-corrected chi connectivity index (χ4v) is 5.75. The van der Waals surface area contributed by atoms with Crippen molar-refractivity contribution in [3.8, 4) is 11.5 Å². The van der Waals surface area contributed by atoms with E-state index in [1.807, 2.05) is 72.8 Å². The van der Waals surface area contributed by atoms with Crippen molar-refractivity contribution in [2.45, 2.75) is 26.0 Å². The predicted molar refractivity (Wildman–Crippen MR) is 133 cm³/mol.